The maximum atomic E-state index is 15.5. The number of aromatic amines is 1. The average molecular weight is 512 g/mol. The molecule has 0 amide bonds. The van der Waals surface area contributed by atoms with Gasteiger partial charge in [-0.3, -0.25) is 9.59 Å². The van der Waals surface area contributed by atoms with Crippen molar-refractivity contribution in [1.82, 2.24) is 15.1 Å². The maximum Gasteiger partial charge on any atom is 0.306 e. The molecule has 1 saturated carbocycles. The van der Waals surface area contributed by atoms with E-state index >= 15 is 4.39 Å². The summed E-state index contributed by atoms with van der Waals surface area (Å²) in [6, 6.07) is 3.50. The summed E-state index contributed by atoms with van der Waals surface area (Å²) in [7, 11) is 0. The molecule has 1 unspecified atom stereocenters. The van der Waals surface area contributed by atoms with E-state index in [1.54, 1.807) is 19.1 Å². The third kappa shape index (κ3) is 6.84. The first kappa shape index (κ1) is 27.0. The fourth-order valence-corrected chi connectivity index (χ4v) is 5.35. The number of ketones is 1. The molecule has 7 nitrogen and oxygen atoms in total. The van der Waals surface area contributed by atoms with Crippen LogP contribution in [0.3, 0.4) is 0 Å². The molecule has 37 heavy (non-hydrogen) atoms. The van der Waals surface area contributed by atoms with E-state index in [0.29, 0.717) is 28.2 Å². The largest absolute Gasteiger partial charge is 0.460 e. The number of rotatable bonds is 8. The predicted molar refractivity (Wildman–Crippen MR) is 139 cm³/mol. The van der Waals surface area contributed by atoms with Gasteiger partial charge >= 0.3 is 5.97 Å². The third-order valence-electron chi connectivity index (χ3n) is 7.24. The summed E-state index contributed by atoms with van der Waals surface area (Å²) in [5.41, 5.74) is 1.76. The summed E-state index contributed by atoms with van der Waals surface area (Å²) >= 11 is 0. The van der Waals surface area contributed by atoms with Crippen molar-refractivity contribution in [1.29, 1.82) is 0 Å². The number of aryl methyl sites for hydroxylation is 2. The van der Waals surface area contributed by atoms with Gasteiger partial charge in [0.25, 0.3) is 0 Å². The molecular weight excluding hydrogens is 473 g/mol. The third-order valence-corrected chi connectivity index (χ3v) is 7.24. The Morgan fingerprint density at radius 2 is 1.86 bits per heavy atom. The summed E-state index contributed by atoms with van der Waals surface area (Å²) < 4.78 is 25.9. The number of hydrogen-bond acceptors (Lipinski definition) is 6. The molecule has 0 radical (unpaired) electrons. The fourth-order valence-electron chi connectivity index (χ4n) is 5.35. The number of esters is 1. The minimum absolute atomic E-state index is 0.0372. The number of hydrogen-bond donors (Lipinski definition) is 1. The molecule has 0 saturated heterocycles. The van der Waals surface area contributed by atoms with E-state index in [2.05, 4.69) is 10.1 Å². The van der Waals surface area contributed by atoms with Gasteiger partial charge in [0.1, 0.15) is 23.2 Å². The predicted octanol–water partition coefficient (Wildman–Crippen LogP) is 6.99. The number of aromatic nitrogens is 3. The number of nitrogens with zero attached hydrogens (tertiary/aromatic N) is 2. The molecule has 8 heteroatoms. The van der Waals surface area contributed by atoms with E-state index in [0.717, 1.165) is 25.7 Å². The lowest BCUT2D eigenvalue weighted by Gasteiger charge is -2.27. The van der Waals surface area contributed by atoms with Crippen LogP contribution in [0.5, 0.6) is 0 Å². The highest BCUT2D eigenvalue weighted by Gasteiger charge is 2.30. The standard InChI is InChI=1S/C29H38FN3O4/c1-18-22(17-36-33-18)24(34)16-21(19-10-8-6-5-7-9-11-19)28-31-23-14-12-20(26(30)27(23)32-28)13-15-25(35)37-29(2,3)4/h12,14,17,19,21H,5-11,13,15-16H2,1-4H3,(H,31,32). The normalized spacial score (nSPS) is 16.4. The van der Waals surface area contributed by atoms with E-state index in [1.807, 2.05) is 20.8 Å². The Bertz CT molecular complexity index is 1230. The molecule has 2 heterocycles. The van der Waals surface area contributed by atoms with Crippen LogP contribution in [0, 0.1) is 18.7 Å². The molecule has 1 N–H and O–H groups in total. The molecule has 0 bridgehead atoms. The molecule has 1 fully saturated rings. The number of nitrogens with one attached hydrogen (secondary N) is 1. The molecular formula is C29H38FN3O4. The van der Waals surface area contributed by atoms with Crippen LogP contribution in [-0.4, -0.2) is 32.5 Å². The molecule has 1 atom stereocenters. The van der Waals surface area contributed by atoms with Gasteiger partial charge in [0, 0.05) is 18.8 Å². The topological polar surface area (TPSA) is 98.1 Å². The molecule has 1 aliphatic rings. The number of Topliss-reactive ketones (excluding diaryl/α,β-unsaturated/α-hetero) is 1. The van der Waals surface area contributed by atoms with Crippen molar-refractivity contribution in [2.45, 2.75) is 103 Å². The van der Waals surface area contributed by atoms with Crippen LogP contribution in [0.25, 0.3) is 11.0 Å². The van der Waals surface area contributed by atoms with Crippen LogP contribution in [-0.2, 0) is 16.0 Å². The number of H-pyrrole nitrogens is 1. The van der Waals surface area contributed by atoms with Gasteiger partial charge in [-0.15, -0.1) is 0 Å². The fraction of sp³-hybridized carbons (Fsp3) is 0.586. The van der Waals surface area contributed by atoms with E-state index < -0.39 is 11.4 Å². The van der Waals surface area contributed by atoms with Gasteiger partial charge < -0.3 is 14.2 Å². The van der Waals surface area contributed by atoms with Crippen LogP contribution in [0.1, 0.15) is 112 Å². The van der Waals surface area contributed by atoms with E-state index in [1.165, 1.54) is 25.5 Å². The second kappa shape index (κ2) is 11.6. The zero-order valence-corrected chi connectivity index (χ0v) is 22.4. The van der Waals surface area contributed by atoms with Crippen molar-refractivity contribution in [3.8, 4) is 0 Å². The smallest absolute Gasteiger partial charge is 0.306 e. The Balaban J connectivity index is 1.60. The highest BCUT2D eigenvalue weighted by Crippen LogP contribution is 2.38. The van der Waals surface area contributed by atoms with Crippen molar-refractivity contribution in [3.05, 3.63) is 46.9 Å². The summed E-state index contributed by atoms with van der Waals surface area (Å²) in [5, 5.41) is 3.86. The Kier molecular flexibility index (Phi) is 8.45. The second-order valence-corrected chi connectivity index (χ2v) is 11.3. The highest BCUT2D eigenvalue weighted by atomic mass is 19.1. The summed E-state index contributed by atoms with van der Waals surface area (Å²) in [4.78, 5) is 33.4. The molecule has 3 aromatic rings. The minimum Gasteiger partial charge on any atom is -0.460 e. The Labute approximate surface area is 217 Å². The summed E-state index contributed by atoms with van der Waals surface area (Å²) in [6.45, 7) is 7.19. The number of halogens is 1. The van der Waals surface area contributed by atoms with Crippen molar-refractivity contribution in [3.63, 3.8) is 0 Å². The molecule has 200 valence electrons. The first-order chi connectivity index (χ1) is 17.6. The quantitative estimate of drug-likeness (QED) is 0.258. The molecule has 0 aliphatic heterocycles. The summed E-state index contributed by atoms with van der Waals surface area (Å²) in [6.07, 6.45) is 9.89. The van der Waals surface area contributed by atoms with Gasteiger partial charge in [-0.05, 0) is 64.5 Å². The van der Waals surface area contributed by atoms with E-state index in [-0.39, 0.29) is 48.4 Å². The maximum absolute atomic E-state index is 15.5. The summed E-state index contributed by atoms with van der Waals surface area (Å²) in [5.74, 6) is -0.0598. The molecule has 4 rings (SSSR count). The zero-order chi connectivity index (χ0) is 26.6. The van der Waals surface area contributed by atoms with E-state index in [9.17, 15) is 9.59 Å². The van der Waals surface area contributed by atoms with Crippen LogP contribution in [0.4, 0.5) is 4.39 Å². The van der Waals surface area contributed by atoms with E-state index in [4.69, 9.17) is 14.2 Å². The zero-order valence-electron chi connectivity index (χ0n) is 22.4. The van der Waals surface area contributed by atoms with Gasteiger partial charge in [-0.2, -0.15) is 0 Å². The number of carbonyl (C=O) groups is 2. The molecule has 0 spiro atoms. The Hall–Kier alpha value is -3.03. The van der Waals surface area contributed by atoms with Crippen molar-refractivity contribution >= 4 is 22.8 Å². The number of benzene rings is 1. The first-order valence-electron chi connectivity index (χ1n) is 13.5. The van der Waals surface area contributed by atoms with Crippen molar-refractivity contribution in [2.75, 3.05) is 0 Å². The Morgan fingerprint density at radius 1 is 1.16 bits per heavy atom. The SMILES string of the molecule is Cc1nocc1C(=O)CC(c1nc2c(F)c(CCC(=O)OC(C)(C)C)ccc2[nH]1)C1CCCCCCC1. The van der Waals surface area contributed by atoms with Crippen molar-refractivity contribution < 1.29 is 23.2 Å². The highest BCUT2D eigenvalue weighted by molar-refractivity contribution is 5.97. The van der Waals surface area contributed by atoms with Crippen LogP contribution >= 0.6 is 0 Å². The molecule has 1 aromatic carbocycles. The lowest BCUT2D eigenvalue weighted by Crippen LogP contribution is -2.24. The van der Waals surface area contributed by atoms with Crippen LogP contribution in [0.2, 0.25) is 0 Å². The van der Waals surface area contributed by atoms with Gasteiger partial charge in [-0.1, -0.05) is 43.3 Å². The van der Waals surface area contributed by atoms with Crippen LogP contribution < -0.4 is 0 Å². The monoisotopic (exact) mass is 511 g/mol. The number of fused-ring (bicyclic) bond motifs is 1. The van der Waals surface area contributed by atoms with Gasteiger partial charge in [0.05, 0.1) is 16.8 Å². The lowest BCUT2D eigenvalue weighted by atomic mass is 9.78. The van der Waals surface area contributed by atoms with Gasteiger partial charge in [-0.25, -0.2) is 9.37 Å². The number of carbonyl (C=O) groups excluding carboxylic acids is 2. The number of ether oxygens (including phenoxy) is 1. The second-order valence-electron chi connectivity index (χ2n) is 11.3. The molecule has 1 aliphatic carbocycles. The Morgan fingerprint density at radius 3 is 2.51 bits per heavy atom. The minimum atomic E-state index is -0.578. The average Bonchev–Trinajstić information content (AvgIpc) is 3.43. The molecule has 2 aromatic heterocycles. The van der Waals surface area contributed by atoms with Crippen molar-refractivity contribution in [2.24, 2.45) is 5.92 Å². The van der Waals surface area contributed by atoms with Gasteiger partial charge in [0.2, 0.25) is 0 Å². The number of imidazole rings is 1. The van der Waals surface area contributed by atoms with Gasteiger partial charge in [0.15, 0.2) is 11.6 Å². The lowest BCUT2D eigenvalue weighted by molar-refractivity contribution is -0.154. The first-order valence-corrected chi connectivity index (χ1v) is 13.5. The van der Waals surface area contributed by atoms with Crippen LogP contribution in [0.15, 0.2) is 22.9 Å².